The molecule has 0 amide bonds. The minimum atomic E-state index is 0.532. The van der Waals surface area contributed by atoms with Gasteiger partial charge in [-0.05, 0) is 53.8 Å². The Hall–Kier alpha value is 0. The van der Waals surface area contributed by atoms with Crippen LogP contribution in [0.4, 0.5) is 0 Å². The lowest BCUT2D eigenvalue weighted by Gasteiger charge is -2.76. The Morgan fingerprint density at radius 3 is 1.67 bits per heavy atom. The summed E-state index contributed by atoms with van der Waals surface area (Å²) in [4.78, 5) is 0. The number of hydrogen-bond donors (Lipinski definition) is 0. The largest absolute Gasteiger partial charge is 0.0602 e. The quantitative estimate of drug-likeness (QED) is 0.597. The van der Waals surface area contributed by atoms with Crippen LogP contribution in [0.5, 0.6) is 0 Å². The molecule has 3 saturated carbocycles. The van der Waals surface area contributed by atoms with E-state index >= 15 is 0 Å². The van der Waals surface area contributed by atoms with Crippen LogP contribution in [-0.2, 0) is 0 Å². The zero-order chi connectivity index (χ0) is 11.5. The molecule has 0 aromatic carbocycles. The third kappa shape index (κ3) is 1.74. The Balaban J connectivity index is 1.84. The van der Waals surface area contributed by atoms with Crippen molar-refractivity contribution in [3.05, 3.63) is 0 Å². The van der Waals surface area contributed by atoms with E-state index in [4.69, 9.17) is 0 Å². The van der Waals surface area contributed by atoms with Crippen molar-refractivity contribution in [2.45, 2.75) is 73.6 Å². The molecule has 0 nitrogen and oxygen atoms in total. The highest BCUT2D eigenvalue weighted by molar-refractivity contribution is 5.20. The maximum absolute atomic E-state index is 2.43. The molecule has 3 rings (SSSR count). The van der Waals surface area contributed by atoms with E-state index in [2.05, 4.69) is 41.5 Å². The topological polar surface area (TPSA) is 0 Å². The zero-order valence-corrected chi connectivity index (χ0v) is 11.5. The Bertz CT molecular complexity index is 233. The fraction of sp³-hybridized carbons (Fsp3) is 1.00. The molecule has 0 unspecified atom stereocenters. The summed E-state index contributed by atoms with van der Waals surface area (Å²) in [5.74, 6) is 0. The number of rotatable bonds is 2. The molecule has 3 aliphatic rings. The van der Waals surface area contributed by atoms with Crippen LogP contribution in [0.25, 0.3) is 0 Å². The van der Waals surface area contributed by atoms with Crippen LogP contribution >= 0.6 is 0 Å². The lowest BCUT2D eigenvalue weighted by molar-refractivity contribution is -0.263. The van der Waals surface area contributed by atoms with Gasteiger partial charge in [0.1, 0.15) is 0 Å². The van der Waals surface area contributed by atoms with E-state index in [1.807, 2.05) is 0 Å². The summed E-state index contributed by atoms with van der Waals surface area (Å²) in [5.41, 5.74) is 2.62. The first-order valence-corrected chi connectivity index (χ1v) is 6.58. The molecule has 0 atom stereocenters. The highest BCUT2D eigenvalue weighted by Crippen LogP contribution is 2.80. The van der Waals surface area contributed by atoms with Crippen molar-refractivity contribution in [3.8, 4) is 0 Å². The van der Waals surface area contributed by atoms with E-state index in [1.165, 1.54) is 32.1 Å². The summed E-state index contributed by atoms with van der Waals surface area (Å²) >= 11 is 0. The average Bonchev–Trinajstić information content (AvgIpc) is 1.73. The van der Waals surface area contributed by atoms with Gasteiger partial charge >= 0.3 is 0 Å². The SMILES string of the molecule is CC(C)(C)CCC12CC(C(C)(C)C)(C1)C2. The molecule has 3 aliphatic carbocycles. The van der Waals surface area contributed by atoms with E-state index in [9.17, 15) is 0 Å². The van der Waals surface area contributed by atoms with Gasteiger partial charge in [0.05, 0.1) is 0 Å². The van der Waals surface area contributed by atoms with E-state index in [1.54, 1.807) is 0 Å². The molecule has 0 heterocycles. The Labute approximate surface area is 95.8 Å². The predicted octanol–water partition coefficient (Wildman–Crippen LogP) is 5.03. The third-order valence-electron chi connectivity index (χ3n) is 5.14. The number of hydrogen-bond acceptors (Lipinski definition) is 0. The minimum absolute atomic E-state index is 0.532. The molecule has 88 valence electrons. The molecule has 0 aromatic heterocycles. The van der Waals surface area contributed by atoms with Gasteiger partial charge in [-0.25, -0.2) is 0 Å². The van der Waals surface area contributed by atoms with Crippen molar-refractivity contribution in [1.29, 1.82) is 0 Å². The predicted molar refractivity (Wildman–Crippen MR) is 66.9 cm³/mol. The molecule has 3 fully saturated rings. The molecule has 0 aliphatic heterocycles. The van der Waals surface area contributed by atoms with Crippen molar-refractivity contribution in [2.24, 2.45) is 21.7 Å². The summed E-state index contributed by atoms with van der Waals surface area (Å²) < 4.78 is 0. The second-order valence-electron chi connectivity index (χ2n) is 8.62. The maximum Gasteiger partial charge on any atom is -0.0233 e. The standard InChI is InChI=1S/C15H28/c1-12(2,3)7-8-14-9-15(10-14,11-14)13(4,5)6/h7-11H2,1-6H3. The van der Waals surface area contributed by atoms with E-state index in [-0.39, 0.29) is 0 Å². The molecule has 0 saturated heterocycles. The molecule has 2 bridgehead atoms. The Kier molecular flexibility index (Phi) is 2.15. The van der Waals surface area contributed by atoms with Crippen LogP contribution in [-0.4, -0.2) is 0 Å². The Morgan fingerprint density at radius 2 is 1.33 bits per heavy atom. The van der Waals surface area contributed by atoms with Crippen molar-refractivity contribution >= 4 is 0 Å². The summed E-state index contributed by atoms with van der Waals surface area (Å²) in [6.07, 6.45) is 7.47. The summed E-state index contributed by atoms with van der Waals surface area (Å²) in [6.45, 7) is 14.4. The van der Waals surface area contributed by atoms with Crippen molar-refractivity contribution < 1.29 is 0 Å². The van der Waals surface area contributed by atoms with Gasteiger partial charge in [0.25, 0.3) is 0 Å². The van der Waals surface area contributed by atoms with Gasteiger partial charge in [0, 0.05) is 0 Å². The van der Waals surface area contributed by atoms with Gasteiger partial charge in [-0.3, -0.25) is 0 Å². The fourth-order valence-electron chi connectivity index (χ4n) is 3.70. The molecular formula is C15H28. The molecule has 0 aromatic rings. The van der Waals surface area contributed by atoms with Gasteiger partial charge in [-0.2, -0.15) is 0 Å². The molecular weight excluding hydrogens is 180 g/mol. The Morgan fingerprint density at radius 1 is 0.867 bits per heavy atom. The van der Waals surface area contributed by atoms with E-state index in [0.29, 0.717) is 10.8 Å². The first-order valence-electron chi connectivity index (χ1n) is 6.58. The van der Waals surface area contributed by atoms with Crippen molar-refractivity contribution in [1.82, 2.24) is 0 Å². The monoisotopic (exact) mass is 208 g/mol. The maximum atomic E-state index is 2.43. The summed E-state index contributed by atoms with van der Waals surface area (Å²) in [6, 6.07) is 0. The van der Waals surface area contributed by atoms with Crippen LogP contribution < -0.4 is 0 Å². The van der Waals surface area contributed by atoms with E-state index < -0.39 is 0 Å². The highest BCUT2D eigenvalue weighted by atomic mass is 14.7. The van der Waals surface area contributed by atoms with E-state index in [0.717, 1.165) is 10.8 Å². The van der Waals surface area contributed by atoms with Gasteiger partial charge in [-0.15, -0.1) is 0 Å². The average molecular weight is 208 g/mol. The summed E-state index contributed by atoms with van der Waals surface area (Å²) in [7, 11) is 0. The smallest absolute Gasteiger partial charge is 0.0233 e. The highest BCUT2D eigenvalue weighted by Gasteiger charge is 2.70. The summed E-state index contributed by atoms with van der Waals surface area (Å²) in [5, 5.41) is 0. The van der Waals surface area contributed by atoms with Gasteiger partial charge in [0.15, 0.2) is 0 Å². The van der Waals surface area contributed by atoms with Gasteiger partial charge in [0.2, 0.25) is 0 Å². The van der Waals surface area contributed by atoms with Crippen LogP contribution in [0.3, 0.4) is 0 Å². The van der Waals surface area contributed by atoms with Crippen molar-refractivity contribution in [3.63, 3.8) is 0 Å². The second-order valence-corrected chi connectivity index (χ2v) is 8.62. The first kappa shape index (κ1) is 11.5. The first-order chi connectivity index (χ1) is 6.58. The molecule has 0 spiro atoms. The molecule has 0 heteroatoms. The molecule has 0 radical (unpaired) electrons. The molecule has 0 N–H and O–H groups in total. The zero-order valence-electron chi connectivity index (χ0n) is 11.5. The lowest BCUT2D eigenvalue weighted by Crippen LogP contribution is -2.66. The molecule has 15 heavy (non-hydrogen) atoms. The second kappa shape index (κ2) is 2.81. The van der Waals surface area contributed by atoms with Crippen LogP contribution in [0, 0.1) is 21.7 Å². The van der Waals surface area contributed by atoms with Gasteiger partial charge in [-0.1, -0.05) is 41.5 Å². The third-order valence-corrected chi connectivity index (χ3v) is 5.14. The minimum Gasteiger partial charge on any atom is -0.0602 e. The normalized spacial score (nSPS) is 39.6. The van der Waals surface area contributed by atoms with Crippen LogP contribution in [0.2, 0.25) is 0 Å². The van der Waals surface area contributed by atoms with Crippen molar-refractivity contribution in [2.75, 3.05) is 0 Å². The fourth-order valence-corrected chi connectivity index (χ4v) is 3.70. The lowest BCUT2D eigenvalue weighted by atomic mass is 9.28. The van der Waals surface area contributed by atoms with Crippen LogP contribution in [0.1, 0.15) is 73.6 Å². The van der Waals surface area contributed by atoms with Gasteiger partial charge < -0.3 is 0 Å². The van der Waals surface area contributed by atoms with Crippen LogP contribution in [0.15, 0.2) is 0 Å².